The molecule has 1 aliphatic rings. The Morgan fingerprint density at radius 3 is 2.64 bits per heavy atom. The van der Waals surface area contributed by atoms with Crippen LogP contribution in [-0.2, 0) is 10.0 Å². The Hall–Kier alpha value is -1.09. The molecule has 22 heavy (non-hydrogen) atoms. The van der Waals surface area contributed by atoms with E-state index in [1.54, 1.807) is 0 Å². The van der Waals surface area contributed by atoms with Crippen LogP contribution in [0.25, 0.3) is 0 Å². The van der Waals surface area contributed by atoms with Crippen LogP contribution in [-0.4, -0.2) is 20.2 Å². The predicted octanol–water partition coefficient (Wildman–Crippen LogP) is 3.59. The van der Waals surface area contributed by atoms with E-state index in [4.69, 9.17) is 16.9 Å². The van der Waals surface area contributed by atoms with Gasteiger partial charge in [0.1, 0.15) is 0 Å². The third-order valence-corrected chi connectivity index (χ3v) is 5.84. The summed E-state index contributed by atoms with van der Waals surface area (Å²) < 4.78 is 27.2. The van der Waals surface area contributed by atoms with Crippen molar-refractivity contribution in [1.29, 1.82) is 5.26 Å². The van der Waals surface area contributed by atoms with Crippen LogP contribution >= 0.6 is 11.6 Å². The topological polar surface area (TPSA) is 70.0 Å². The molecule has 1 aromatic rings. The van der Waals surface area contributed by atoms with Crippen molar-refractivity contribution in [3.63, 3.8) is 0 Å². The minimum Gasteiger partial charge on any atom is -0.212 e. The lowest BCUT2D eigenvalue weighted by Gasteiger charge is -2.21. The van der Waals surface area contributed by atoms with E-state index in [0.29, 0.717) is 24.3 Å². The van der Waals surface area contributed by atoms with Crippen LogP contribution < -0.4 is 4.72 Å². The summed E-state index contributed by atoms with van der Waals surface area (Å²) in [7, 11) is -3.28. The van der Waals surface area contributed by atoms with Crippen LogP contribution in [0.1, 0.15) is 50.0 Å². The summed E-state index contributed by atoms with van der Waals surface area (Å²) in [4.78, 5) is 0. The largest absolute Gasteiger partial charge is 0.212 e. The fraction of sp³-hybridized carbons (Fsp3) is 0.562. The fourth-order valence-electron chi connectivity index (χ4n) is 3.00. The first-order valence-electron chi connectivity index (χ1n) is 7.64. The number of sulfonamides is 1. The average molecular weight is 341 g/mol. The predicted molar refractivity (Wildman–Crippen MR) is 88.2 cm³/mol. The summed E-state index contributed by atoms with van der Waals surface area (Å²) in [5.41, 5.74) is 1.14. The van der Waals surface area contributed by atoms with Crippen molar-refractivity contribution >= 4 is 21.6 Å². The lowest BCUT2D eigenvalue weighted by Crippen LogP contribution is -2.37. The molecular weight excluding hydrogens is 320 g/mol. The molecule has 1 fully saturated rings. The van der Waals surface area contributed by atoms with Gasteiger partial charge >= 0.3 is 0 Å². The van der Waals surface area contributed by atoms with Crippen molar-refractivity contribution in [2.75, 3.05) is 5.75 Å². The number of nitrogens with zero attached hydrogens (tertiary/aromatic N) is 1. The van der Waals surface area contributed by atoms with Gasteiger partial charge in [0.2, 0.25) is 10.0 Å². The first kappa shape index (κ1) is 17.3. The van der Waals surface area contributed by atoms with Gasteiger partial charge in [0.05, 0.1) is 11.8 Å². The van der Waals surface area contributed by atoms with E-state index in [2.05, 4.69) is 4.72 Å². The fourth-order valence-corrected chi connectivity index (χ4v) is 4.57. The van der Waals surface area contributed by atoms with Crippen LogP contribution in [0, 0.1) is 11.3 Å². The van der Waals surface area contributed by atoms with E-state index in [9.17, 15) is 8.42 Å². The molecule has 0 heterocycles. The van der Waals surface area contributed by atoms with Crippen LogP contribution in [0.4, 0.5) is 0 Å². The van der Waals surface area contributed by atoms with Crippen molar-refractivity contribution in [3.8, 4) is 6.07 Å². The standard InChI is InChI=1S/C16H21ClN2O2S/c17-14-9-7-13(8-10-14)15-5-4-6-16(15)19-22(20,21)12-3-1-2-11-18/h7-10,15-16,19H,1-6,12H2. The zero-order chi connectivity index (χ0) is 16.0. The van der Waals surface area contributed by atoms with Crippen LogP contribution in [0.15, 0.2) is 24.3 Å². The number of hydrogen-bond donors (Lipinski definition) is 1. The molecule has 0 saturated heterocycles. The summed E-state index contributed by atoms with van der Waals surface area (Å²) in [6.45, 7) is 0. The highest BCUT2D eigenvalue weighted by Crippen LogP contribution is 2.35. The molecule has 1 saturated carbocycles. The molecule has 0 aliphatic heterocycles. The molecule has 0 spiro atoms. The first-order chi connectivity index (χ1) is 10.5. The zero-order valence-corrected chi connectivity index (χ0v) is 14.0. The molecule has 4 nitrogen and oxygen atoms in total. The molecule has 2 unspecified atom stereocenters. The van der Waals surface area contributed by atoms with E-state index in [1.807, 2.05) is 30.3 Å². The molecule has 0 radical (unpaired) electrons. The smallest absolute Gasteiger partial charge is 0.211 e. The number of nitrogens with one attached hydrogen (secondary N) is 1. The van der Waals surface area contributed by atoms with Gasteiger partial charge in [-0.15, -0.1) is 0 Å². The maximum Gasteiger partial charge on any atom is 0.211 e. The van der Waals surface area contributed by atoms with E-state index in [1.165, 1.54) is 0 Å². The van der Waals surface area contributed by atoms with Gasteiger partial charge in [0.15, 0.2) is 0 Å². The van der Waals surface area contributed by atoms with Gasteiger partial charge in [-0.05, 0) is 43.4 Å². The third-order valence-electron chi connectivity index (χ3n) is 4.10. The lowest BCUT2D eigenvalue weighted by atomic mass is 9.95. The molecule has 0 bridgehead atoms. The SMILES string of the molecule is N#CCCCCS(=O)(=O)NC1CCCC1c1ccc(Cl)cc1. The lowest BCUT2D eigenvalue weighted by molar-refractivity contribution is 0.523. The van der Waals surface area contributed by atoms with Gasteiger partial charge in [0, 0.05) is 23.4 Å². The molecule has 2 atom stereocenters. The summed E-state index contributed by atoms with van der Waals surface area (Å²) in [6.07, 6.45) is 4.44. The van der Waals surface area contributed by atoms with Gasteiger partial charge < -0.3 is 0 Å². The highest BCUT2D eigenvalue weighted by molar-refractivity contribution is 7.89. The third kappa shape index (κ3) is 4.98. The number of halogens is 1. The summed E-state index contributed by atoms with van der Waals surface area (Å²) in [5.74, 6) is 0.310. The molecule has 1 N–H and O–H groups in total. The number of unbranched alkanes of at least 4 members (excludes halogenated alkanes) is 2. The van der Waals surface area contributed by atoms with Gasteiger partial charge in [0.25, 0.3) is 0 Å². The van der Waals surface area contributed by atoms with Crippen LogP contribution in [0.5, 0.6) is 0 Å². The van der Waals surface area contributed by atoms with Crippen molar-refractivity contribution in [2.24, 2.45) is 0 Å². The number of hydrogen-bond acceptors (Lipinski definition) is 3. The van der Waals surface area contributed by atoms with E-state index < -0.39 is 10.0 Å². The first-order valence-corrected chi connectivity index (χ1v) is 9.67. The second kappa shape index (κ2) is 7.96. The molecule has 0 amide bonds. The van der Waals surface area contributed by atoms with E-state index in [0.717, 1.165) is 24.8 Å². The Morgan fingerprint density at radius 2 is 1.95 bits per heavy atom. The molecule has 120 valence electrons. The molecule has 6 heteroatoms. The highest BCUT2D eigenvalue weighted by atomic mass is 35.5. The summed E-state index contributed by atoms with van der Waals surface area (Å²) in [5, 5.41) is 9.17. The van der Waals surface area contributed by atoms with Gasteiger partial charge in [-0.1, -0.05) is 30.2 Å². The Labute approximate surface area is 137 Å². The zero-order valence-electron chi connectivity index (χ0n) is 12.5. The van der Waals surface area contributed by atoms with Crippen LogP contribution in [0.2, 0.25) is 5.02 Å². The van der Waals surface area contributed by atoms with E-state index in [-0.39, 0.29) is 17.7 Å². The summed E-state index contributed by atoms with van der Waals surface area (Å²) in [6, 6.07) is 9.65. The second-order valence-electron chi connectivity index (χ2n) is 5.75. The minimum atomic E-state index is -3.28. The Balaban J connectivity index is 1.96. The monoisotopic (exact) mass is 340 g/mol. The van der Waals surface area contributed by atoms with Gasteiger partial charge in [-0.2, -0.15) is 5.26 Å². The highest BCUT2D eigenvalue weighted by Gasteiger charge is 2.31. The molecule has 1 aliphatic carbocycles. The van der Waals surface area contributed by atoms with E-state index >= 15 is 0 Å². The normalized spacial score (nSPS) is 21.6. The van der Waals surface area contributed by atoms with Crippen molar-refractivity contribution in [3.05, 3.63) is 34.9 Å². The minimum absolute atomic E-state index is 0.0397. The maximum absolute atomic E-state index is 12.2. The number of benzene rings is 1. The number of nitriles is 1. The average Bonchev–Trinajstić information content (AvgIpc) is 2.92. The maximum atomic E-state index is 12.2. The van der Waals surface area contributed by atoms with Gasteiger partial charge in [-0.25, -0.2) is 13.1 Å². The summed E-state index contributed by atoms with van der Waals surface area (Å²) >= 11 is 5.91. The van der Waals surface area contributed by atoms with Crippen LogP contribution in [0.3, 0.4) is 0 Å². The molecule has 2 rings (SSSR count). The molecule has 1 aromatic carbocycles. The van der Waals surface area contributed by atoms with Crippen molar-refractivity contribution in [2.45, 2.75) is 50.5 Å². The van der Waals surface area contributed by atoms with Crippen molar-refractivity contribution < 1.29 is 8.42 Å². The Bertz CT molecular complexity index is 623. The number of rotatable bonds is 7. The molecular formula is C16H21ClN2O2S. The second-order valence-corrected chi connectivity index (χ2v) is 8.06. The van der Waals surface area contributed by atoms with Crippen molar-refractivity contribution in [1.82, 2.24) is 4.72 Å². The quantitative estimate of drug-likeness (QED) is 0.771. The Morgan fingerprint density at radius 1 is 1.23 bits per heavy atom. The molecule has 0 aromatic heterocycles. The Kier molecular flexibility index (Phi) is 6.25. The van der Waals surface area contributed by atoms with Gasteiger partial charge in [-0.3, -0.25) is 0 Å².